The van der Waals surface area contributed by atoms with Crippen molar-refractivity contribution in [3.05, 3.63) is 35.2 Å². The molecule has 0 aliphatic carbocycles. The summed E-state index contributed by atoms with van der Waals surface area (Å²) in [5.41, 5.74) is 1.93. The molecule has 3 heterocycles. The van der Waals surface area contributed by atoms with Crippen molar-refractivity contribution >= 4 is 0 Å². The SMILES string of the molecule is CCc1nc(C)ccc1OCc1nc([C@@H]2CCOC2)no1. The van der Waals surface area contributed by atoms with Crippen LogP contribution in [0.15, 0.2) is 16.7 Å². The molecule has 1 aliphatic heterocycles. The lowest BCUT2D eigenvalue weighted by Gasteiger charge is -2.08. The molecular formula is C15H19N3O3. The zero-order valence-corrected chi connectivity index (χ0v) is 12.3. The lowest BCUT2D eigenvalue weighted by Crippen LogP contribution is -2.03. The summed E-state index contributed by atoms with van der Waals surface area (Å²) in [4.78, 5) is 8.84. The van der Waals surface area contributed by atoms with Crippen molar-refractivity contribution < 1.29 is 14.0 Å². The van der Waals surface area contributed by atoms with E-state index in [1.807, 2.05) is 19.1 Å². The van der Waals surface area contributed by atoms with E-state index >= 15 is 0 Å². The van der Waals surface area contributed by atoms with Gasteiger partial charge in [-0.2, -0.15) is 4.98 Å². The Balaban J connectivity index is 1.65. The molecule has 1 atom stereocenters. The minimum absolute atomic E-state index is 0.245. The molecule has 0 unspecified atom stereocenters. The third-order valence-corrected chi connectivity index (χ3v) is 3.54. The van der Waals surface area contributed by atoms with E-state index in [0.29, 0.717) is 18.3 Å². The second-order valence-corrected chi connectivity index (χ2v) is 5.15. The van der Waals surface area contributed by atoms with Crippen molar-refractivity contribution in [2.75, 3.05) is 13.2 Å². The second-order valence-electron chi connectivity index (χ2n) is 5.15. The molecule has 21 heavy (non-hydrogen) atoms. The number of nitrogens with zero attached hydrogens (tertiary/aromatic N) is 3. The fourth-order valence-corrected chi connectivity index (χ4v) is 2.35. The van der Waals surface area contributed by atoms with Crippen molar-refractivity contribution in [2.45, 2.75) is 39.2 Å². The van der Waals surface area contributed by atoms with Gasteiger partial charge in [-0.1, -0.05) is 12.1 Å². The van der Waals surface area contributed by atoms with E-state index in [1.54, 1.807) is 0 Å². The summed E-state index contributed by atoms with van der Waals surface area (Å²) in [6, 6.07) is 3.87. The van der Waals surface area contributed by atoms with Crippen molar-refractivity contribution in [1.82, 2.24) is 15.1 Å². The lowest BCUT2D eigenvalue weighted by atomic mass is 10.1. The second kappa shape index (κ2) is 6.22. The van der Waals surface area contributed by atoms with Crippen molar-refractivity contribution in [3.63, 3.8) is 0 Å². The van der Waals surface area contributed by atoms with E-state index < -0.39 is 0 Å². The third-order valence-electron chi connectivity index (χ3n) is 3.54. The summed E-state index contributed by atoms with van der Waals surface area (Å²) in [5, 5.41) is 4.01. The van der Waals surface area contributed by atoms with Gasteiger partial charge in [0.1, 0.15) is 5.75 Å². The summed E-state index contributed by atoms with van der Waals surface area (Å²) in [6.07, 6.45) is 1.77. The van der Waals surface area contributed by atoms with Crippen LogP contribution in [0.1, 0.15) is 42.4 Å². The Labute approximate surface area is 123 Å². The molecule has 1 aliphatic rings. The minimum Gasteiger partial charge on any atom is -0.482 e. The average Bonchev–Trinajstić information content (AvgIpc) is 3.16. The Kier molecular flexibility index (Phi) is 4.15. The predicted octanol–water partition coefficient (Wildman–Crippen LogP) is 2.42. The molecule has 112 valence electrons. The largest absolute Gasteiger partial charge is 0.482 e. The van der Waals surface area contributed by atoms with E-state index in [0.717, 1.165) is 36.6 Å². The van der Waals surface area contributed by atoms with E-state index in [4.69, 9.17) is 14.0 Å². The van der Waals surface area contributed by atoms with Crippen LogP contribution in [0.3, 0.4) is 0 Å². The summed E-state index contributed by atoms with van der Waals surface area (Å²) in [5.74, 6) is 2.21. The fourth-order valence-electron chi connectivity index (χ4n) is 2.35. The van der Waals surface area contributed by atoms with Crippen LogP contribution >= 0.6 is 0 Å². The molecule has 6 nitrogen and oxygen atoms in total. The highest BCUT2D eigenvalue weighted by molar-refractivity contribution is 5.29. The molecule has 0 aromatic carbocycles. The molecule has 0 bridgehead atoms. The van der Waals surface area contributed by atoms with Gasteiger partial charge in [0.15, 0.2) is 12.4 Å². The van der Waals surface area contributed by atoms with Crippen molar-refractivity contribution in [3.8, 4) is 5.75 Å². The van der Waals surface area contributed by atoms with Gasteiger partial charge in [0.2, 0.25) is 0 Å². The highest BCUT2D eigenvalue weighted by Crippen LogP contribution is 2.23. The molecule has 2 aromatic rings. The predicted molar refractivity (Wildman–Crippen MR) is 75.2 cm³/mol. The van der Waals surface area contributed by atoms with Gasteiger partial charge in [-0.05, 0) is 31.9 Å². The maximum atomic E-state index is 5.76. The van der Waals surface area contributed by atoms with E-state index in [1.165, 1.54) is 0 Å². The molecule has 0 radical (unpaired) electrons. The normalized spacial score (nSPS) is 18.1. The molecule has 0 N–H and O–H groups in total. The first-order valence-corrected chi connectivity index (χ1v) is 7.25. The number of pyridine rings is 1. The highest BCUT2D eigenvalue weighted by Gasteiger charge is 2.23. The maximum absolute atomic E-state index is 5.76. The monoisotopic (exact) mass is 289 g/mol. The Morgan fingerprint density at radius 2 is 2.24 bits per heavy atom. The molecule has 1 saturated heterocycles. The first-order valence-electron chi connectivity index (χ1n) is 7.25. The smallest absolute Gasteiger partial charge is 0.264 e. The van der Waals surface area contributed by atoms with Crippen molar-refractivity contribution in [1.29, 1.82) is 0 Å². The van der Waals surface area contributed by atoms with Gasteiger partial charge in [0, 0.05) is 18.2 Å². The number of aromatic nitrogens is 3. The fraction of sp³-hybridized carbons (Fsp3) is 0.533. The van der Waals surface area contributed by atoms with E-state index in [2.05, 4.69) is 22.0 Å². The molecule has 2 aromatic heterocycles. The van der Waals surface area contributed by atoms with Gasteiger partial charge in [-0.15, -0.1) is 0 Å². The van der Waals surface area contributed by atoms with E-state index in [9.17, 15) is 0 Å². The zero-order chi connectivity index (χ0) is 14.7. The van der Waals surface area contributed by atoms with Gasteiger partial charge in [0.05, 0.1) is 12.3 Å². The summed E-state index contributed by atoms with van der Waals surface area (Å²) in [7, 11) is 0. The van der Waals surface area contributed by atoms with Crippen LogP contribution in [0.2, 0.25) is 0 Å². The topological polar surface area (TPSA) is 70.3 Å². The number of hydrogen-bond donors (Lipinski definition) is 0. The number of rotatable bonds is 5. The average molecular weight is 289 g/mol. The highest BCUT2D eigenvalue weighted by atomic mass is 16.5. The molecule has 0 spiro atoms. The van der Waals surface area contributed by atoms with Crippen LogP contribution in [-0.4, -0.2) is 28.3 Å². The van der Waals surface area contributed by atoms with Gasteiger partial charge in [0.25, 0.3) is 5.89 Å². The molecule has 3 rings (SSSR count). The number of aryl methyl sites for hydroxylation is 2. The number of hydrogen-bond acceptors (Lipinski definition) is 6. The molecule has 0 amide bonds. The minimum atomic E-state index is 0.245. The van der Waals surface area contributed by atoms with Crippen molar-refractivity contribution in [2.24, 2.45) is 0 Å². The van der Waals surface area contributed by atoms with Crippen LogP contribution in [0.25, 0.3) is 0 Å². The molecule has 6 heteroatoms. The first kappa shape index (κ1) is 14.0. The van der Waals surface area contributed by atoms with Crippen LogP contribution in [-0.2, 0) is 17.8 Å². The van der Waals surface area contributed by atoms with Gasteiger partial charge in [-0.25, -0.2) is 0 Å². The third kappa shape index (κ3) is 3.21. The summed E-state index contributed by atoms with van der Waals surface area (Å²) in [6.45, 7) is 5.72. The van der Waals surface area contributed by atoms with Gasteiger partial charge < -0.3 is 14.0 Å². The quantitative estimate of drug-likeness (QED) is 0.842. The maximum Gasteiger partial charge on any atom is 0.264 e. The Morgan fingerprint density at radius 3 is 3.00 bits per heavy atom. The first-order chi connectivity index (χ1) is 10.3. The van der Waals surface area contributed by atoms with Crippen LogP contribution in [0.5, 0.6) is 5.75 Å². The summed E-state index contributed by atoms with van der Waals surface area (Å²) >= 11 is 0. The van der Waals surface area contributed by atoms with Gasteiger partial charge in [-0.3, -0.25) is 4.98 Å². The zero-order valence-electron chi connectivity index (χ0n) is 12.3. The number of ether oxygens (including phenoxy) is 2. The summed E-state index contributed by atoms with van der Waals surface area (Å²) < 4.78 is 16.3. The van der Waals surface area contributed by atoms with Crippen LogP contribution in [0, 0.1) is 6.92 Å². The Bertz CT molecular complexity index is 606. The van der Waals surface area contributed by atoms with Crippen LogP contribution < -0.4 is 4.74 Å². The lowest BCUT2D eigenvalue weighted by molar-refractivity contribution is 0.192. The standard InChI is InChI=1S/C15H19N3O3/c1-3-12-13(5-4-10(2)16-12)20-9-14-17-15(18-21-14)11-6-7-19-8-11/h4-5,11H,3,6-9H2,1-2H3/t11-/m1/s1. The molecule has 1 fully saturated rings. The Hall–Kier alpha value is -1.95. The van der Waals surface area contributed by atoms with Crippen LogP contribution in [0.4, 0.5) is 0 Å². The van der Waals surface area contributed by atoms with Gasteiger partial charge >= 0.3 is 0 Å². The molecule has 0 saturated carbocycles. The Morgan fingerprint density at radius 1 is 1.33 bits per heavy atom. The van der Waals surface area contributed by atoms with E-state index in [-0.39, 0.29) is 12.5 Å². The molecular weight excluding hydrogens is 270 g/mol.